The van der Waals surface area contributed by atoms with Gasteiger partial charge in [0.05, 0.1) is 5.56 Å². The summed E-state index contributed by atoms with van der Waals surface area (Å²) in [5.74, 6) is -1.58. The van der Waals surface area contributed by atoms with Crippen molar-refractivity contribution >= 4 is 23.0 Å². The molecular formula is C22H23FN2O4. The van der Waals surface area contributed by atoms with E-state index >= 15 is 0 Å². The summed E-state index contributed by atoms with van der Waals surface area (Å²) in [5, 5.41) is 12.5. The monoisotopic (exact) mass is 398 g/mol. The number of carboxylic acid groups (broad SMARTS) is 1. The van der Waals surface area contributed by atoms with Crippen LogP contribution in [0.5, 0.6) is 0 Å². The zero-order chi connectivity index (χ0) is 21.2. The number of ether oxygens (including phenoxy) is 1. The Hall–Kier alpha value is -3.35. The van der Waals surface area contributed by atoms with Crippen LogP contribution in [-0.2, 0) is 17.8 Å². The molecule has 0 bridgehead atoms. The highest BCUT2D eigenvalue weighted by Gasteiger charge is 2.16. The van der Waals surface area contributed by atoms with Crippen LogP contribution in [0.15, 0.2) is 48.7 Å². The summed E-state index contributed by atoms with van der Waals surface area (Å²) in [6, 6.07) is 11.7. The molecule has 0 saturated heterocycles. The second-order valence-electron chi connectivity index (χ2n) is 7.81. The summed E-state index contributed by atoms with van der Waals surface area (Å²) in [5.41, 5.74) is 1.94. The molecule has 152 valence electrons. The lowest BCUT2D eigenvalue weighted by Crippen LogP contribution is -2.32. The number of alkyl carbamates (subject to hydrolysis) is 1. The molecule has 0 fully saturated rings. The van der Waals surface area contributed by atoms with E-state index in [1.165, 1.54) is 18.3 Å². The van der Waals surface area contributed by atoms with Crippen LogP contribution in [-0.4, -0.2) is 27.3 Å². The molecule has 1 amide bonds. The standard InChI is InChI=1S/C22H23FN2O4/c1-22(2,3)29-21(28)24-11-14-5-4-6-15(9-14)12-25-13-18(20(26)27)17-10-16(23)7-8-19(17)25/h4-10,13H,11-12H2,1-3H3,(H,24,28)(H,26,27). The van der Waals surface area contributed by atoms with Crippen LogP contribution in [0.1, 0.15) is 42.3 Å². The molecule has 3 aromatic rings. The van der Waals surface area contributed by atoms with Crippen molar-refractivity contribution in [3.05, 3.63) is 71.2 Å². The minimum atomic E-state index is -1.10. The molecule has 2 aromatic carbocycles. The summed E-state index contributed by atoms with van der Waals surface area (Å²) in [6.45, 7) is 6.11. The number of aromatic nitrogens is 1. The second kappa shape index (κ2) is 7.95. The molecule has 3 rings (SSSR count). The average molecular weight is 398 g/mol. The Bertz CT molecular complexity index is 1070. The molecular weight excluding hydrogens is 375 g/mol. The van der Waals surface area contributed by atoms with Crippen LogP contribution >= 0.6 is 0 Å². The van der Waals surface area contributed by atoms with E-state index in [4.69, 9.17) is 4.74 Å². The Morgan fingerprint density at radius 1 is 1.14 bits per heavy atom. The largest absolute Gasteiger partial charge is 0.478 e. The van der Waals surface area contributed by atoms with Crippen LogP contribution in [0, 0.1) is 5.82 Å². The van der Waals surface area contributed by atoms with Crippen LogP contribution in [0.25, 0.3) is 10.9 Å². The number of carbonyl (C=O) groups is 2. The van der Waals surface area contributed by atoms with E-state index in [9.17, 15) is 19.1 Å². The molecule has 0 aliphatic heterocycles. The molecule has 0 saturated carbocycles. The molecule has 1 aromatic heterocycles. The maximum absolute atomic E-state index is 13.6. The zero-order valence-electron chi connectivity index (χ0n) is 16.5. The molecule has 6 nitrogen and oxygen atoms in total. The lowest BCUT2D eigenvalue weighted by atomic mass is 10.1. The van der Waals surface area contributed by atoms with Crippen molar-refractivity contribution in [3.63, 3.8) is 0 Å². The van der Waals surface area contributed by atoms with Crippen LogP contribution in [0.2, 0.25) is 0 Å². The van der Waals surface area contributed by atoms with Gasteiger partial charge in [-0.1, -0.05) is 24.3 Å². The number of nitrogens with one attached hydrogen (secondary N) is 1. The highest BCUT2D eigenvalue weighted by Crippen LogP contribution is 2.24. The zero-order valence-corrected chi connectivity index (χ0v) is 16.5. The molecule has 2 N–H and O–H groups in total. The summed E-state index contributed by atoms with van der Waals surface area (Å²) in [4.78, 5) is 23.3. The summed E-state index contributed by atoms with van der Waals surface area (Å²) in [6.07, 6.45) is 1.02. The number of carbonyl (C=O) groups excluding carboxylic acids is 1. The number of hydrogen-bond donors (Lipinski definition) is 2. The number of hydrogen-bond acceptors (Lipinski definition) is 3. The fraction of sp³-hybridized carbons (Fsp3) is 0.273. The number of rotatable bonds is 5. The number of nitrogens with zero attached hydrogens (tertiary/aromatic N) is 1. The predicted octanol–water partition coefficient (Wildman–Crippen LogP) is 4.55. The molecule has 0 aliphatic carbocycles. The minimum absolute atomic E-state index is 0.0576. The number of aromatic carboxylic acids is 1. The summed E-state index contributed by atoms with van der Waals surface area (Å²) >= 11 is 0. The first-order valence-electron chi connectivity index (χ1n) is 9.19. The smallest absolute Gasteiger partial charge is 0.407 e. The number of benzene rings is 2. The van der Waals surface area contributed by atoms with Crippen molar-refractivity contribution < 1.29 is 23.8 Å². The van der Waals surface area contributed by atoms with E-state index in [1.807, 2.05) is 24.3 Å². The number of fused-ring (bicyclic) bond motifs is 1. The Labute approximate surface area is 167 Å². The van der Waals surface area contributed by atoms with Crippen LogP contribution < -0.4 is 5.32 Å². The van der Waals surface area contributed by atoms with Gasteiger partial charge >= 0.3 is 12.1 Å². The topological polar surface area (TPSA) is 80.6 Å². The maximum atomic E-state index is 13.6. The second-order valence-corrected chi connectivity index (χ2v) is 7.81. The van der Waals surface area contributed by atoms with Gasteiger partial charge in [-0.25, -0.2) is 14.0 Å². The molecule has 7 heteroatoms. The van der Waals surface area contributed by atoms with Gasteiger partial charge in [0.15, 0.2) is 0 Å². The van der Waals surface area contributed by atoms with Crippen LogP contribution in [0.4, 0.5) is 9.18 Å². The molecule has 0 atom stereocenters. The third-order valence-electron chi connectivity index (χ3n) is 4.25. The maximum Gasteiger partial charge on any atom is 0.407 e. The van der Waals surface area contributed by atoms with E-state index < -0.39 is 23.5 Å². The van der Waals surface area contributed by atoms with Gasteiger partial charge in [-0.3, -0.25) is 0 Å². The first-order chi connectivity index (χ1) is 13.6. The lowest BCUT2D eigenvalue weighted by Gasteiger charge is -2.19. The number of halogens is 1. The quantitative estimate of drug-likeness (QED) is 0.661. The Morgan fingerprint density at radius 3 is 2.55 bits per heavy atom. The van der Waals surface area contributed by atoms with E-state index in [2.05, 4.69) is 5.32 Å². The lowest BCUT2D eigenvalue weighted by molar-refractivity contribution is 0.0523. The Morgan fingerprint density at radius 2 is 1.86 bits per heavy atom. The first-order valence-corrected chi connectivity index (χ1v) is 9.19. The fourth-order valence-electron chi connectivity index (χ4n) is 3.09. The summed E-state index contributed by atoms with van der Waals surface area (Å²) in [7, 11) is 0. The molecule has 0 spiro atoms. The van der Waals surface area contributed by atoms with E-state index in [0.717, 1.165) is 11.1 Å². The molecule has 0 aliphatic rings. The van der Waals surface area contributed by atoms with E-state index in [-0.39, 0.29) is 5.56 Å². The van der Waals surface area contributed by atoms with Crippen molar-refractivity contribution in [2.75, 3.05) is 0 Å². The fourth-order valence-corrected chi connectivity index (χ4v) is 3.09. The van der Waals surface area contributed by atoms with Crippen molar-refractivity contribution in [3.8, 4) is 0 Å². The van der Waals surface area contributed by atoms with Gasteiger partial charge in [-0.15, -0.1) is 0 Å². The average Bonchev–Trinajstić information content (AvgIpc) is 2.97. The highest BCUT2D eigenvalue weighted by atomic mass is 19.1. The number of carboxylic acids is 1. The van der Waals surface area contributed by atoms with Crippen molar-refractivity contribution in [1.82, 2.24) is 9.88 Å². The third kappa shape index (κ3) is 5.13. The van der Waals surface area contributed by atoms with Crippen molar-refractivity contribution in [2.45, 2.75) is 39.5 Å². The van der Waals surface area contributed by atoms with Gasteiger partial charge in [0, 0.05) is 30.2 Å². The van der Waals surface area contributed by atoms with Gasteiger partial charge < -0.3 is 19.7 Å². The Kier molecular flexibility index (Phi) is 5.59. The molecule has 0 radical (unpaired) electrons. The van der Waals surface area contributed by atoms with Gasteiger partial charge in [0.25, 0.3) is 0 Å². The van der Waals surface area contributed by atoms with Gasteiger partial charge in [0.2, 0.25) is 0 Å². The van der Waals surface area contributed by atoms with Gasteiger partial charge in [-0.05, 0) is 50.1 Å². The van der Waals surface area contributed by atoms with E-state index in [1.54, 1.807) is 31.4 Å². The first kappa shape index (κ1) is 20.4. The molecule has 1 heterocycles. The van der Waals surface area contributed by atoms with Gasteiger partial charge in [0.1, 0.15) is 11.4 Å². The third-order valence-corrected chi connectivity index (χ3v) is 4.25. The SMILES string of the molecule is CC(C)(C)OC(=O)NCc1cccc(Cn2cc(C(=O)O)c3cc(F)ccc32)c1. The van der Waals surface area contributed by atoms with Crippen LogP contribution in [0.3, 0.4) is 0 Å². The minimum Gasteiger partial charge on any atom is -0.478 e. The summed E-state index contributed by atoms with van der Waals surface area (Å²) < 4.78 is 20.6. The predicted molar refractivity (Wildman–Crippen MR) is 107 cm³/mol. The van der Waals surface area contributed by atoms with Crippen molar-refractivity contribution in [2.24, 2.45) is 0 Å². The van der Waals surface area contributed by atoms with Crippen molar-refractivity contribution in [1.29, 1.82) is 0 Å². The molecule has 0 unspecified atom stereocenters. The van der Waals surface area contributed by atoms with E-state index in [0.29, 0.717) is 24.0 Å². The number of amides is 1. The van der Waals surface area contributed by atoms with Gasteiger partial charge in [-0.2, -0.15) is 0 Å². The highest BCUT2D eigenvalue weighted by molar-refractivity contribution is 6.03. The molecule has 29 heavy (non-hydrogen) atoms. The normalized spacial score (nSPS) is 11.4. The Balaban J connectivity index is 1.79.